The maximum atomic E-state index is 5.44. The van der Waals surface area contributed by atoms with E-state index in [4.69, 9.17) is 15.2 Å². The molecule has 1 atom stereocenters. The largest absolute Gasteiger partial charge is 0.379 e. The third-order valence-electron chi connectivity index (χ3n) is 2.20. The molecule has 1 fully saturated rings. The van der Waals surface area contributed by atoms with Crippen LogP contribution in [0.25, 0.3) is 0 Å². The third kappa shape index (κ3) is 7.19. The molecule has 1 heterocycles. The molecule has 0 spiro atoms. The van der Waals surface area contributed by atoms with Gasteiger partial charge >= 0.3 is 0 Å². The number of hydrogen-bond donors (Lipinski definition) is 1. The summed E-state index contributed by atoms with van der Waals surface area (Å²) >= 11 is 0. The number of nitrogens with two attached hydrogens (primary N) is 1. The fourth-order valence-corrected chi connectivity index (χ4v) is 2.81. The minimum atomic E-state index is 0.177. The Labute approximate surface area is 82.8 Å². The van der Waals surface area contributed by atoms with E-state index in [2.05, 4.69) is 0 Å². The SMILES string of the molecule is NCCC[SiH2]CCCOCC1CO1. The molecule has 0 radical (unpaired) electrons. The number of hydrogen-bond acceptors (Lipinski definition) is 3. The van der Waals surface area contributed by atoms with Gasteiger partial charge in [0, 0.05) is 16.1 Å². The zero-order valence-electron chi connectivity index (χ0n) is 8.34. The molecule has 1 aliphatic rings. The first kappa shape index (κ1) is 11.2. The Hall–Kier alpha value is 0.0969. The molecular weight excluding hydrogens is 182 g/mol. The minimum absolute atomic E-state index is 0.177. The minimum Gasteiger partial charge on any atom is -0.379 e. The van der Waals surface area contributed by atoms with E-state index in [1.807, 2.05) is 0 Å². The molecule has 0 aromatic heterocycles. The molecule has 0 aliphatic carbocycles. The van der Waals surface area contributed by atoms with Crippen molar-refractivity contribution in [3.63, 3.8) is 0 Å². The van der Waals surface area contributed by atoms with Crippen LogP contribution >= 0.6 is 0 Å². The Morgan fingerprint density at radius 1 is 1.38 bits per heavy atom. The van der Waals surface area contributed by atoms with Gasteiger partial charge in [0.15, 0.2) is 0 Å². The third-order valence-corrected chi connectivity index (χ3v) is 4.20. The van der Waals surface area contributed by atoms with Crippen molar-refractivity contribution in [3.05, 3.63) is 0 Å². The van der Waals surface area contributed by atoms with Crippen LogP contribution in [-0.4, -0.2) is 42.0 Å². The van der Waals surface area contributed by atoms with Crippen LogP contribution in [0.5, 0.6) is 0 Å². The molecule has 1 rings (SSSR count). The van der Waals surface area contributed by atoms with E-state index in [0.717, 1.165) is 26.4 Å². The fraction of sp³-hybridized carbons (Fsp3) is 1.00. The predicted octanol–water partition coefficient (Wildman–Crippen LogP) is 0.146. The molecule has 3 nitrogen and oxygen atoms in total. The molecule has 0 bridgehead atoms. The quantitative estimate of drug-likeness (QED) is 0.329. The molecule has 0 amide bonds. The van der Waals surface area contributed by atoms with Crippen LogP contribution in [-0.2, 0) is 9.47 Å². The van der Waals surface area contributed by atoms with E-state index in [1.165, 1.54) is 24.9 Å². The van der Waals surface area contributed by atoms with Crippen molar-refractivity contribution < 1.29 is 9.47 Å². The lowest BCUT2D eigenvalue weighted by molar-refractivity contribution is 0.117. The van der Waals surface area contributed by atoms with Crippen molar-refractivity contribution in [2.75, 3.05) is 26.4 Å². The Balaban J connectivity index is 1.63. The molecule has 0 aromatic carbocycles. The van der Waals surface area contributed by atoms with Crippen molar-refractivity contribution in [1.29, 1.82) is 0 Å². The molecule has 4 heteroatoms. The first-order chi connectivity index (χ1) is 6.43. The van der Waals surface area contributed by atoms with Crippen molar-refractivity contribution >= 4 is 9.52 Å². The highest BCUT2D eigenvalue weighted by Crippen LogP contribution is 2.08. The Morgan fingerprint density at radius 3 is 2.85 bits per heavy atom. The van der Waals surface area contributed by atoms with Gasteiger partial charge in [0.05, 0.1) is 13.2 Å². The van der Waals surface area contributed by atoms with Crippen LogP contribution in [0.15, 0.2) is 0 Å². The summed E-state index contributed by atoms with van der Waals surface area (Å²) in [5, 5.41) is 0. The summed E-state index contributed by atoms with van der Waals surface area (Å²) < 4.78 is 10.5. The lowest BCUT2D eigenvalue weighted by Gasteiger charge is -2.01. The Bertz CT molecular complexity index is 120. The summed E-state index contributed by atoms with van der Waals surface area (Å²) in [6, 6.07) is 2.81. The van der Waals surface area contributed by atoms with Gasteiger partial charge in [0.2, 0.25) is 0 Å². The second-order valence-corrected chi connectivity index (χ2v) is 5.71. The van der Waals surface area contributed by atoms with Crippen LogP contribution in [0, 0.1) is 0 Å². The average Bonchev–Trinajstić information content (AvgIpc) is 2.93. The van der Waals surface area contributed by atoms with E-state index in [-0.39, 0.29) is 9.52 Å². The Kier molecular flexibility index (Phi) is 6.44. The molecule has 0 saturated carbocycles. The van der Waals surface area contributed by atoms with Gasteiger partial charge < -0.3 is 15.2 Å². The summed E-state index contributed by atoms with van der Waals surface area (Å²) in [5.74, 6) is 0. The number of ether oxygens (including phenoxy) is 2. The van der Waals surface area contributed by atoms with Crippen molar-refractivity contribution in [2.45, 2.75) is 31.0 Å². The van der Waals surface area contributed by atoms with Gasteiger partial charge in [0.1, 0.15) is 6.10 Å². The fourth-order valence-electron chi connectivity index (χ4n) is 1.26. The number of epoxide rings is 1. The molecule has 1 aliphatic heterocycles. The molecule has 0 aromatic rings. The van der Waals surface area contributed by atoms with E-state index in [1.54, 1.807) is 0 Å². The summed E-state index contributed by atoms with van der Waals surface area (Å²) in [5.41, 5.74) is 5.41. The average molecular weight is 203 g/mol. The van der Waals surface area contributed by atoms with Crippen molar-refractivity contribution in [1.82, 2.24) is 0 Å². The lowest BCUT2D eigenvalue weighted by atomic mass is 10.5. The topological polar surface area (TPSA) is 47.8 Å². The maximum absolute atomic E-state index is 5.44. The Morgan fingerprint density at radius 2 is 2.15 bits per heavy atom. The zero-order chi connectivity index (χ0) is 9.36. The molecule has 1 unspecified atom stereocenters. The predicted molar refractivity (Wildman–Crippen MR) is 57.0 cm³/mol. The van der Waals surface area contributed by atoms with E-state index in [9.17, 15) is 0 Å². The second kappa shape index (κ2) is 7.50. The van der Waals surface area contributed by atoms with Crippen molar-refractivity contribution in [2.24, 2.45) is 5.73 Å². The zero-order valence-corrected chi connectivity index (χ0v) is 9.75. The molecule has 1 saturated heterocycles. The van der Waals surface area contributed by atoms with Gasteiger partial charge in [0.25, 0.3) is 0 Å². The van der Waals surface area contributed by atoms with Gasteiger partial charge in [-0.2, -0.15) is 0 Å². The van der Waals surface area contributed by atoms with Crippen LogP contribution in [0.4, 0.5) is 0 Å². The normalized spacial score (nSPS) is 21.5. The van der Waals surface area contributed by atoms with Crippen LogP contribution < -0.4 is 5.73 Å². The van der Waals surface area contributed by atoms with Crippen molar-refractivity contribution in [3.8, 4) is 0 Å². The summed E-state index contributed by atoms with van der Waals surface area (Å²) in [4.78, 5) is 0. The molecule has 2 N–H and O–H groups in total. The monoisotopic (exact) mass is 203 g/mol. The lowest BCUT2D eigenvalue weighted by Crippen LogP contribution is -2.04. The van der Waals surface area contributed by atoms with Crippen LogP contribution in [0.1, 0.15) is 12.8 Å². The molecule has 78 valence electrons. The highest BCUT2D eigenvalue weighted by Gasteiger charge is 2.21. The van der Waals surface area contributed by atoms with Crippen LogP contribution in [0.2, 0.25) is 12.1 Å². The van der Waals surface area contributed by atoms with Gasteiger partial charge in [-0.3, -0.25) is 0 Å². The van der Waals surface area contributed by atoms with E-state index >= 15 is 0 Å². The molecular formula is C9H21NO2Si. The standard InChI is InChI=1S/C9H21NO2Si/c10-3-1-5-13-6-2-4-11-7-9-8-12-9/h9H,1-8,10,13H2. The van der Waals surface area contributed by atoms with Crippen LogP contribution in [0.3, 0.4) is 0 Å². The highest BCUT2D eigenvalue weighted by molar-refractivity contribution is 6.35. The number of rotatable bonds is 9. The van der Waals surface area contributed by atoms with E-state index in [0.29, 0.717) is 6.10 Å². The van der Waals surface area contributed by atoms with Gasteiger partial charge in [-0.15, -0.1) is 0 Å². The highest BCUT2D eigenvalue weighted by atomic mass is 28.2. The summed E-state index contributed by atoms with van der Waals surface area (Å²) in [6.07, 6.45) is 2.89. The second-order valence-electron chi connectivity index (χ2n) is 3.59. The van der Waals surface area contributed by atoms with Gasteiger partial charge in [-0.25, -0.2) is 0 Å². The first-order valence-corrected chi connectivity index (χ1v) is 7.33. The molecule has 13 heavy (non-hydrogen) atoms. The smallest absolute Gasteiger partial charge is 0.104 e. The summed E-state index contributed by atoms with van der Waals surface area (Å²) in [6.45, 7) is 3.51. The maximum Gasteiger partial charge on any atom is 0.104 e. The van der Waals surface area contributed by atoms with E-state index < -0.39 is 0 Å². The first-order valence-electron chi connectivity index (χ1n) is 5.33. The van der Waals surface area contributed by atoms with Gasteiger partial charge in [-0.1, -0.05) is 12.1 Å². The summed E-state index contributed by atoms with van der Waals surface area (Å²) in [7, 11) is 0.177. The van der Waals surface area contributed by atoms with Gasteiger partial charge in [-0.05, 0) is 19.4 Å².